The molecule has 4 nitrogen and oxygen atoms in total. The number of nitrogens with zero attached hydrogens (tertiary/aromatic N) is 2. The van der Waals surface area contributed by atoms with Gasteiger partial charge in [0.15, 0.2) is 5.71 Å². The molecule has 0 fully saturated rings. The molecule has 21 heavy (non-hydrogen) atoms. The molecule has 2 rings (SSSR count). The van der Waals surface area contributed by atoms with Crippen molar-refractivity contribution in [3.63, 3.8) is 0 Å². The predicted molar refractivity (Wildman–Crippen MR) is 90.6 cm³/mol. The number of carbonyl (C=O) groups is 1. The van der Waals surface area contributed by atoms with E-state index in [4.69, 9.17) is 4.74 Å². The van der Waals surface area contributed by atoms with Crippen LogP contribution in [0.4, 0.5) is 0 Å². The van der Waals surface area contributed by atoms with Crippen molar-refractivity contribution in [3.05, 3.63) is 66.0 Å². The smallest absolute Gasteiger partial charge is 0.358 e. The topological polar surface area (TPSA) is 51.5 Å². The van der Waals surface area contributed by atoms with Crippen LogP contribution in [0.25, 0.3) is 0 Å². The van der Waals surface area contributed by atoms with Gasteiger partial charge in [-0.2, -0.15) is 0 Å². The van der Waals surface area contributed by atoms with E-state index in [1.807, 2.05) is 36.4 Å². The maximum Gasteiger partial charge on any atom is 0.358 e. The van der Waals surface area contributed by atoms with Crippen LogP contribution in [0.3, 0.4) is 0 Å². The van der Waals surface area contributed by atoms with Crippen LogP contribution >= 0.6 is 22.6 Å². The molecule has 0 aliphatic rings. The summed E-state index contributed by atoms with van der Waals surface area (Å²) < 4.78 is 4.91. The van der Waals surface area contributed by atoms with E-state index in [9.17, 15) is 4.79 Å². The average Bonchev–Trinajstić information content (AvgIpc) is 2.54. The number of ether oxygens (including phenoxy) is 1. The Balaban J connectivity index is 2.35. The first-order valence-corrected chi connectivity index (χ1v) is 7.82. The molecule has 5 heteroatoms. The van der Waals surface area contributed by atoms with Crippen molar-refractivity contribution in [2.45, 2.75) is 11.0 Å². The predicted octanol–water partition coefficient (Wildman–Crippen LogP) is 3.57. The minimum absolute atomic E-state index is 0.176. The Kier molecular flexibility index (Phi) is 5.86. The standard InChI is InChI=1S/C16H15IN2O2/c1-2-21-16(20)14(13-10-6-7-11-18-13)19-15(17)12-8-4-3-5-9-12/h3-11,15H,2H2,1H3/b19-14+. The van der Waals surface area contributed by atoms with Crippen LogP contribution in [0.15, 0.2) is 59.7 Å². The third-order valence-corrected chi connectivity index (χ3v) is 3.69. The number of benzene rings is 1. The van der Waals surface area contributed by atoms with E-state index in [0.29, 0.717) is 12.3 Å². The zero-order valence-corrected chi connectivity index (χ0v) is 13.7. The molecular formula is C16H15IN2O2. The number of rotatable bonds is 5. The highest BCUT2D eigenvalue weighted by molar-refractivity contribution is 14.1. The minimum atomic E-state index is -0.450. The zero-order chi connectivity index (χ0) is 15.1. The molecule has 1 heterocycles. The summed E-state index contributed by atoms with van der Waals surface area (Å²) in [5, 5.41) is 0. The van der Waals surface area contributed by atoms with E-state index in [1.165, 1.54) is 0 Å². The first-order chi connectivity index (χ1) is 10.2. The second-order valence-electron chi connectivity index (χ2n) is 4.16. The van der Waals surface area contributed by atoms with Crippen LogP contribution in [0.5, 0.6) is 0 Å². The van der Waals surface area contributed by atoms with Crippen LogP contribution < -0.4 is 0 Å². The Bertz CT molecular complexity index is 615. The summed E-state index contributed by atoms with van der Waals surface area (Å²) in [6.45, 7) is 2.08. The molecule has 0 aliphatic carbocycles. The third kappa shape index (κ3) is 4.35. The van der Waals surface area contributed by atoms with Crippen LogP contribution in [0, 0.1) is 0 Å². The average molecular weight is 394 g/mol. The fraction of sp³-hybridized carbons (Fsp3) is 0.188. The monoisotopic (exact) mass is 394 g/mol. The van der Waals surface area contributed by atoms with Crippen LogP contribution in [-0.2, 0) is 9.53 Å². The molecule has 0 spiro atoms. The van der Waals surface area contributed by atoms with E-state index in [-0.39, 0.29) is 9.76 Å². The quantitative estimate of drug-likeness (QED) is 0.256. The number of hydrogen-bond acceptors (Lipinski definition) is 4. The van der Waals surface area contributed by atoms with Gasteiger partial charge in [-0.25, -0.2) is 4.79 Å². The molecule has 1 aromatic carbocycles. The van der Waals surface area contributed by atoms with Crippen molar-refractivity contribution in [1.29, 1.82) is 0 Å². The van der Waals surface area contributed by atoms with Crippen molar-refractivity contribution in [2.75, 3.05) is 6.61 Å². The summed E-state index contributed by atoms with van der Waals surface area (Å²) in [4.78, 5) is 20.8. The van der Waals surface area contributed by atoms with Gasteiger partial charge >= 0.3 is 5.97 Å². The molecule has 0 radical (unpaired) electrons. The van der Waals surface area contributed by atoms with Gasteiger partial charge in [-0.3, -0.25) is 9.98 Å². The molecule has 2 aromatic rings. The fourth-order valence-electron chi connectivity index (χ4n) is 1.73. The molecule has 0 saturated carbocycles. The summed E-state index contributed by atoms with van der Waals surface area (Å²) in [7, 11) is 0. The lowest BCUT2D eigenvalue weighted by Crippen LogP contribution is -2.20. The maximum absolute atomic E-state index is 12.1. The Hall–Kier alpha value is -1.76. The molecule has 0 aliphatic heterocycles. The molecule has 0 amide bonds. The SMILES string of the molecule is CCOC(=O)/C(=N/C(I)c1ccccc1)c1ccccn1. The summed E-state index contributed by atoms with van der Waals surface area (Å²) in [5.41, 5.74) is 1.80. The van der Waals surface area contributed by atoms with E-state index in [0.717, 1.165) is 5.56 Å². The minimum Gasteiger partial charge on any atom is -0.461 e. The van der Waals surface area contributed by atoms with Crippen molar-refractivity contribution in [1.82, 2.24) is 4.98 Å². The van der Waals surface area contributed by atoms with Crippen molar-refractivity contribution in [2.24, 2.45) is 4.99 Å². The summed E-state index contributed by atoms with van der Waals surface area (Å²) in [5.74, 6) is -0.450. The number of carbonyl (C=O) groups excluding carboxylic acids is 1. The molecule has 1 aromatic heterocycles. The number of pyridine rings is 1. The fourth-order valence-corrected chi connectivity index (χ4v) is 2.42. The molecule has 1 unspecified atom stereocenters. The third-order valence-electron chi connectivity index (χ3n) is 2.69. The van der Waals surface area contributed by atoms with E-state index >= 15 is 0 Å². The van der Waals surface area contributed by atoms with E-state index in [2.05, 4.69) is 32.6 Å². The highest BCUT2D eigenvalue weighted by Gasteiger charge is 2.18. The number of esters is 1. The zero-order valence-electron chi connectivity index (χ0n) is 11.6. The molecule has 108 valence electrons. The van der Waals surface area contributed by atoms with Crippen molar-refractivity contribution >= 4 is 34.3 Å². The lowest BCUT2D eigenvalue weighted by atomic mass is 10.2. The van der Waals surface area contributed by atoms with Gasteiger partial charge in [-0.15, -0.1) is 0 Å². The molecule has 1 atom stereocenters. The lowest BCUT2D eigenvalue weighted by molar-refractivity contribution is -0.134. The normalized spacial score (nSPS) is 12.8. The van der Waals surface area contributed by atoms with E-state index in [1.54, 1.807) is 25.3 Å². The maximum atomic E-state index is 12.1. The molecule has 0 N–H and O–H groups in total. The van der Waals surface area contributed by atoms with Gasteiger partial charge < -0.3 is 4.74 Å². The number of alkyl halides is 1. The first-order valence-electron chi connectivity index (χ1n) is 6.57. The molecule has 0 bridgehead atoms. The van der Waals surface area contributed by atoms with Gasteiger partial charge in [0.1, 0.15) is 4.05 Å². The number of halogens is 1. The van der Waals surface area contributed by atoms with Crippen LogP contribution in [0.2, 0.25) is 0 Å². The first kappa shape index (κ1) is 15.6. The Labute approximate surface area is 137 Å². The van der Waals surface area contributed by atoms with Gasteiger partial charge in [0.25, 0.3) is 0 Å². The Morgan fingerprint density at radius 1 is 1.24 bits per heavy atom. The highest BCUT2D eigenvalue weighted by atomic mass is 127. The number of hydrogen-bond donors (Lipinski definition) is 0. The van der Waals surface area contributed by atoms with E-state index < -0.39 is 5.97 Å². The Morgan fingerprint density at radius 2 is 1.95 bits per heavy atom. The highest BCUT2D eigenvalue weighted by Crippen LogP contribution is 2.25. The molecular weight excluding hydrogens is 379 g/mol. The lowest BCUT2D eigenvalue weighted by Gasteiger charge is -2.09. The Morgan fingerprint density at radius 3 is 2.57 bits per heavy atom. The van der Waals surface area contributed by atoms with Crippen molar-refractivity contribution < 1.29 is 9.53 Å². The number of aliphatic imine (C=N–C) groups is 1. The van der Waals surface area contributed by atoms with Gasteiger partial charge in [0.05, 0.1) is 12.3 Å². The summed E-state index contributed by atoms with van der Waals surface area (Å²) in [6, 6.07) is 15.2. The van der Waals surface area contributed by atoms with Crippen LogP contribution in [0.1, 0.15) is 22.2 Å². The summed E-state index contributed by atoms with van der Waals surface area (Å²) >= 11 is 2.19. The summed E-state index contributed by atoms with van der Waals surface area (Å²) in [6.07, 6.45) is 1.63. The van der Waals surface area contributed by atoms with Gasteiger partial charge in [0.2, 0.25) is 0 Å². The second-order valence-corrected chi connectivity index (χ2v) is 5.34. The van der Waals surface area contributed by atoms with Gasteiger partial charge in [-0.05, 0) is 24.6 Å². The van der Waals surface area contributed by atoms with Crippen LogP contribution in [-0.4, -0.2) is 23.3 Å². The largest absolute Gasteiger partial charge is 0.461 e. The molecule has 0 saturated heterocycles. The number of aromatic nitrogens is 1. The van der Waals surface area contributed by atoms with Crippen molar-refractivity contribution in [3.8, 4) is 0 Å². The van der Waals surface area contributed by atoms with Gasteiger partial charge in [-0.1, -0.05) is 59.0 Å². The second kappa shape index (κ2) is 7.87. The van der Waals surface area contributed by atoms with Gasteiger partial charge in [0, 0.05) is 6.20 Å².